The number of rotatable bonds is 39. The zero-order chi connectivity index (χ0) is 52.3. The summed E-state index contributed by atoms with van der Waals surface area (Å²) < 4.78 is 0. The molecule has 12 N–H and O–H groups in total. The van der Waals surface area contributed by atoms with E-state index in [2.05, 4.69) is 42.4 Å². The Bertz CT molecular complexity index is 1880. The Kier molecular flexibility index (Phi) is 32.1. The standard InChI is InChI=1S/C47H75N9O14/c1-31(2)45(66)35(48)25-33-17-19-34(20-18-33)32(3)56-70-24-23-49-40(60)26-50-41(61)27-51-42(62)28-52-43(63)29-53-46(67)37(30-57)55-39(59)22-21-36(47(68)69)54-38(58)15-13-11-9-7-5-4-6-8-10-12-14-16-44(64)65/h17-20,31,35-37,57H,4-16,21-30,48H2,1-3H3,(H,49,60)(H,50,61)(H,51,62)(H,52,63)(H,53,67)(H,54,58)(H,55,59)(H,64,65)(H,68,69)/b56-32+/t35-,36-,37-/m0/s1. The SMILES string of the molecule is C/C(=N\OCCNC(=O)CNC(=O)CNC(=O)CNC(=O)CNC(=O)[C@H](CO)NC(=O)CC[C@H](NC(=O)CCCCCCCCCCCCCC(=O)O)C(=O)O)c1ccc(C[C@H](N)C(=O)C(C)C)cc1. The van der Waals surface area contributed by atoms with Crippen LogP contribution >= 0.6 is 0 Å². The highest BCUT2D eigenvalue weighted by Gasteiger charge is 2.24. The topological polar surface area (TPSA) is 363 Å². The highest BCUT2D eigenvalue weighted by atomic mass is 16.6. The molecule has 0 saturated carbocycles. The summed E-state index contributed by atoms with van der Waals surface area (Å²) in [6.07, 6.45) is 10.4. The molecule has 70 heavy (non-hydrogen) atoms. The van der Waals surface area contributed by atoms with Crippen molar-refractivity contribution in [3.8, 4) is 0 Å². The Labute approximate surface area is 409 Å². The van der Waals surface area contributed by atoms with Crippen LogP contribution in [0, 0.1) is 5.92 Å². The molecular formula is C47H75N9O14. The lowest BCUT2D eigenvalue weighted by molar-refractivity contribution is -0.142. The number of oxime groups is 1. The van der Waals surface area contributed by atoms with Crippen LogP contribution in [0.15, 0.2) is 29.4 Å². The summed E-state index contributed by atoms with van der Waals surface area (Å²) in [5, 5.41) is 48.1. The molecule has 1 aromatic rings. The van der Waals surface area contributed by atoms with Crippen LogP contribution in [0.3, 0.4) is 0 Å². The number of aliphatic hydroxyl groups excluding tert-OH is 1. The number of carboxylic acid groups (broad SMARTS) is 2. The van der Waals surface area contributed by atoms with Crippen LogP contribution in [0.2, 0.25) is 0 Å². The molecule has 0 heterocycles. The van der Waals surface area contributed by atoms with Crippen molar-refractivity contribution in [1.82, 2.24) is 37.2 Å². The molecule has 1 rings (SSSR count). The summed E-state index contributed by atoms with van der Waals surface area (Å²) in [5.74, 6) is -7.28. The maximum Gasteiger partial charge on any atom is 0.326 e. The number of ketones is 1. The fourth-order valence-electron chi connectivity index (χ4n) is 6.59. The monoisotopic (exact) mass is 990 g/mol. The number of nitrogens with one attached hydrogen (secondary N) is 7. The predicted octanol–water partition coefficient (Wildman–Crippen LogP) is 0.0857. The Morgan fingerprint density at radius 2 is 1.06 bits per heavy atom. The summed E-state index contributed by atoms with van der Waals surface area (Å²) in [4.78, 5) is 126. The van der Waals surface area contributed by atoms with Crippen molar-refractivity contribution in [3.63, 3.8) is 0 Å². The maximum atomic E-state index is 12.5. The summed E-state index contributed by atoms with van der Waals surface area (Å²) in [7, 11) is 0. The lowest BCUT2D eigenvalue weighted by atomic mass is 9.96. The smallest absolute Gasteiger partial charge is 0.326 e. The van der Waals surface area contributed by atoms with E-state index in [-0.39, 0.29) is 44.1 Å². The Balaban J connectivity index is 2.23. The number of Topliss-reactive ketones (excluding diaryl/α,β-unsaturated/α-hetero) is 1. The van der Waals surface area contributed by atoms with Gasteiger partial charge in [-0.1, -0.05) is 101 Å². The number of aliphatic carboxylic acids is 2. The Morgan fingerprint density at radius 3 is 1.54 bits per heavy atom. The van der Waals surface area contributed by atoms with Crippen LogP contribution < -0.4 is 43.0 Å². The quantitative estimate of drug-likeness (QED) is 0.0237. The number of hydrogen-bond donors (Lipinski definition) is 11. The Morgan fingerprint density at radius 1 is 0.600 bits per heavy atom. The third-order valence-electron chi connectivity index (χ3n) is 10.7. The van der Waals surface area contributed by atoms with Crippen molar-refractivity contribution in [2.24, 2.45) is 16.8 Å². The first kappa shape index (κ1) is 61.5. The number of unbranched alkanes of at least 4 members (excludes halogenated alkanes) is 10. The van der Waals surface area contributed by atoms with Gasteiger partial charge in [-0.2, -0.15) is 0 Å². The zero-order valence-corrected chi connectivity index (χ0v) is 40.7. The highest BCUT2D eigenvalue weighted by molar-refractivity contribution is 5.98. The molecule has 0 aromatic heterocycles. The minimum Gasteiger partial charge on any atom is -0.481 e. The van der Waals surface area contributed by atoms with E-state index >= 15 is 0 Å². The molecule has 1 aromatic carbocycles. The Hall–Kier alpha value is -6.49. The fraction of sp³-hybridized carbons (Fsp3) is 0.638. The van der Waals surface area contributed by atoms with Gasteiger partial charge in [0.2, 0.25) is 41.4 Å². The minimum absolute atomic E-state index is 0.00381. The van der Waals surface area contributed by atoms with Gasteiger partial charge in [-0.15, -0.1) is 0 Å². The van der Waals surface area contributed by atoms with Crippen molar-refractivity contribution in [3.05, 3.63) is 35.4 Å². The van der Waals surface area contributed by atoms with E-state index in [4.69, 9.17) is 15.7 Å². The maximum absolute atomic E-state index is 12.5. The van der Waals surface area contributed by atoms with E-state index in [1.807, 2.05) is 38.1 Å². The molecule has 0 fully saturated rings. The normalized spacial score (nSPS) is 12.4. The molecule has 0 aliphatic rings. The summed E-state index contributed by atoms with van der Waals surface area (Å²) in [6, 6.07) is 3.96. The second-order valence-corrected chi connectivity index (χ2v) is 17.1. The molecule has 0 unspecified atom stereocenters. The molecular weight excluding hydrogens is 915 g/mol. The molecule has 392 valence electrons. The number of hydrogen-bond acceptors (Lipinski definition) is 14. The first-order valence-corrected chi connectivity index (χ1v) is 23.9. The van der Waals surface area contributed by atoms with E-state index in [1.165, 1.54) is 0 Å². The van der Waals surface area contributed by atoms with E-state index in [0.717, 1.165) is 68.9 Å². The molecule has 3 atom stereocenters. The van der Waals surface area contributed by atoms with E-state index in [0.29, 0.717) is 25.0 Å². The van der Waals surface area contributed by atoms with Gasteiger partial charge in [-0.25, -0.2) is 4.79 Å². The van der Waals surface area contributed by atoms with Crippen LogP contribution in [0.1, 0.15) is 128 Å². The van der Waals surface area contributed by atoms with E-state index < -0.39 is 111 Å². The molecule has 23 heteroatoms. The van der Waals surface area contributed by atoms with Crippen molar-refractivity contribution >= 4 is 64.8 Å². The van der Waals surface area contributed by atoms with E-state index in [1.54, 1.807) is 6.92 Å². The first-order valence-electron chi connectivity index (χ1n) is 23.9. The van der Waals surface area contributed by atoms with Crippen LogP contribution in [0.4, 0.5) is 0 Å². The molecule has 0 aliphatic heterocycles. The molecule has 23 nitrogen and oxygen atoms in total. The highest BCUT2D eigenvalue weighted by Crippen LogP contribution is 2.13. The van der Waals surface area contributed by atoms with Gasteiger partial charge in [0.25, 0.3) is 0 Å². The number of nitrogens with zero attached hydrogens (tertiary/aromatic N) is 1. The van der Waals surface area contributed by atoms with Gasteiger partial charge < -0.3 is 63.1 Å². The molecule has 0 spiro atoms. The summed E-state index contributed by atoms with van der Waals surface area (Å²) in [5.41, 5.74) is 8.29. The van der Waals surface area contributed by atoms with Gasteiger partial charge in [0, 0.05) is 25.2 Å². The molecule has 0 radical (unpaired) electrons. The summed E-state index contributed by atoms with van der Waals surface area (Å²) in [6.45, 7) is 2.50. The lowest BCUT2D eigenvalue weighted by Gasteiger charge is -2.18. The van der Waals surface area contributed by atoms with Gasteiger partial charge in [-0.05, 0) is 43.7 Å². The van der Waals surface area contributed by atoms with Crippen LogP contribution in [0.25, 0.3) is 0 Å². The van der Waals surface area contributed by atoms with Gasteiger partial charge in [0.05, 0.1) is 51.1 Å². The van der Waals surface area contributed by atoms with Crippen molar-refractivity contribution in [2.75, 3.05) is 45.9 Å². The van der Waals surface area contributed by atoms with E-state index in [9.17, 15) is 58.2 Å². The number of nitrogens with two attached hydrogens (primary N) is 1. The zero-order valence-electron chi connectivity index (χ0n) is 40.7. The number of carbonyl (C=O) groups is 10. The minimum atomic E-state index is -1.49. The van der Waals surface area contributed by atoms with Crippen molar-refractivity contribution in [1.29, 1.82) is 0 Å². The number of amides is 7. The van der Waals surface area contributed by atoms with Gasteiger partial charge in [0.15, 0.2) is 5.78 Å². The molecule has 0 bridgehead atoms. The largest absolute Gasteiger partial charge is 0.481 e. The molecule has 7 amide bonds. The van der Waals surface area contributed by atoms with Crippen molar-refractivity contribution < 1.29 is 68.1 Å². The second kappa shape index (κ2) is 36.5. The number of aliphatic hydroxyl groups is 1. The molecule has 0 aliphatic carbocycles. The third kappa shape index (κ3) is 30.1. The van der Waals surface area contributed by atoms with Gasteiger partial charge in [-0.3, -0.25) is 43.2 Å². The average molecular weight is 990 g/mol. The third-order valence-corrected chi connectivity index (χ3v) is 10.7. The van der Waals surface area contributed by atoms with Crippen LogP contribution in [-0.2, 0) is 59.2 Å². The van der Waals surface area contributed by atoms with Crippen LogP contribution in [0.5, 0.6) is 0 Å². The van der Waals surface area contributed by atoms with Crippen molar-refractivity contribution in [2.45, 2.75) is 142 Å². The predicted molar refractivity (Wildman–Crippen MR) is 257 cm³/mol. The number of benzene rings is 1. The first-order chi connectivity index (χ1) is 33.3. The lowest BCUT2D eigenvalue weighted by Crippen LogP contribution is -2.51. The number of carbonyl (C=O) groups excluding carboxylic acids is 8. The van der Waals surface area contributed by atoms with Crippen LogP contribution in [-0.4, -0.2) is 144 Å². The fourth-order valence-corrected chi connectivity index (χ4v) is 6.59. The van der Waals surface area contributed by atoms with Gasteiger partial charge >= 0.3 is 11.9 Å². The second-order valence-electron chi connectivity index (χ2n) is 17.1. The van der Waals surface area contributed by atoms with Gasteiger partial charge in [0.1, 0.15) is 18.7 Å². The molecule has 0 saturated heterocycles. The average Bonchev–Trinajstić information content (AvgIpc) is 3.32. The summed E-state index contributed by atoms with van der Waals surface area (Å²) >= 11 is 0. The number of carboxylic acids is 2.